The van der Waals surface area contributed by atoms with Crippen molar-refractivity contribution in [2.75, 3.05) is 26.2 Å². The molecule has 2 aromatic heterocycles. The molecule has 1 aliphatic heterocycles. The smallest absolute Gasteiger partial charge is 0.407 e. The number of amides is 2. The molecule has 1 aromatic carbocycles. The molecule has 0 saturated carbocycles. The molecule has 3 N–H and O–H groups in total. The van der Waals surface area contributed by atoms with E-state index < -0.39 is 6.09 Å². The predicted octanol–water partition coefficient (Wildman–Crippen LogP) is 3.20. The number of hydrogen-bond donors (Lipinski definition) is 2. The molecule has 2 amide bonds. The second-order valence-corrected chi connectivity index (χ2v) is 7.82. The standard InChI is InChI=1S/C20H19Cl2N5O3/c21-13-1-2-14(16(22)8-13)15-11-27-17(10-24-18(27)7-12(15)9-23)19(28)25-3-5-26(6-4-25)20(29)30/h1-2,7-8,10-11H,3-6,9,23H2,(H,29,30). The first-order valence-corrected chi connectivity index (χ1v) is 10.1. The average molecular weight is 448 g/mol. The molecule has 1 fully saturated rings. The quantitative estimate of drug-likeness (QED) is 0.641. The predicted molar refractivity (Wildman–Crippen MR) is 114 cm³/mol. The molecule has 0 spiro atoms. The van der Waals surface area contributed by atoms with E-state index in [-0.39, 0.29) is 25.5 Å². The number of rotatable bonds is 3. The molecule has 0 aliphatic carbocycles. The number of carbonyl (C=O) groups excluding carboxylic acids is 1. The van der Waals surface area contributed by atoms with Crippen LogP contribution in [0.5, 0.6) is 0 Å². The summed E-state index contributed by atoms with van der Waals surface area (Å²) in [6.07, 6.45) is 2.35. The Morgan fingerprint density at radius 1 is 1.07 bits per heavy atom. The van der Waals surface area contributed by atoms with Crippen LogP contribution in [0.25, 0.3) is 16.8 Å². The van der Waals surface area contributed by atoms with Crippen LogP contribution in [0.15, 0.2) is 36.7 Å². The molecule has 1 aliphatic rings. The lowest BCUT2D eigenvalue weighted by Crippen LogP contribution is -2.50. The van der Waals surface area contributed by atoms with Crippen molar-refractivity contribution in [3.8, 4) is 11.1 Å². The molecule has 3 aromatic rings. The summed E-state index contributed by atoms with van der Waals surface area (Å²) in [7, 11) is 0. The SMILES string of the molecule is NCc1cc2ncc(C(=O)N3CCN(C(=O)O)CC3)n2cc1-c1ccc(Cl)cc1Cl. The van der Waals surface area contributed by atoms with Gasteiger partial charge in [-0.2, -0.15) is 0 Å². The third-order valence-corrected chi connectivity index (χ3v) is 5.78. The average Bonchev–Trinajstić information content (AvgIpc) is 3.15. The molecular weight excluding hydrogens is 429 g/mol. The maximum atomic E-state index is 13.1. The van der Waals surface area contributed by atoms with Gasteiger partial charge in [-0.25, -0.2) is 9.78 Å². The summed E-state index contributed by atoms with van der Waals surface area (Å²) < 4.78 is 1.71. The first-order valence-electron chi connectivity index (χ1n) is 9.31. The molecule has 8 nitrogen and oxygen atoms in total. The summed E-state index contributed by atoms with van der Waals surface area (Å²) in [6, 6.07) is 7.05. The molecule has 0 bridgehead atoms. The topological polar surface area (TPSA) is 104 Å². The van der Waals surface area contributed by atoms with Crippen LogP contribution in [-0.4, -0.2) is 62.5 Å². The maximum Gasteiger partial charge on any atom is 0.407 e. The third-order valence-electron chi connectivity index (χ3n) is 5.23. The van der Waals surface area contributed by atoms with Gasteiger partial charge in [0.15, 0.2) is 0 Å². The van der Waals surface area contributed by atoms with Crippen molar-refractivity contribution in [2.45, 2.75) is 6.54 Å². The number of hydrogen-bond acceptors (Lipinski definition) is 4. The van der Waals surface area contributed by atoms with Gasteiger partial charge in [-0.3, -0.25) is 9.20 Å². The number of carbonyl (C=O) groups is 2. The van der Waals surface area contributed by atoms with Gasteiger partial charge in [0.25, 0.3) is 5.91 Å². The Hall–Kier alpha value is -2.81. The number of benzene rings is 1. The summed E-state index contributed by atoms with van der Waals surface area (Å²) in [6.45, 7) is 1.49. The lowest BCUT2D eigenvalue weighted by molar-refractivity contribution is 0.0618. The second kappa shape index (κ2) is 8.14. The van der Waals surface area contributed by atoms with Gasteiger partial charge in [-0.1, -0.05) is 29.3 Å². The fraction of sp³-hybridized carbons (Fsp3) is 0.250. The fourth-order valence-corrected chi connectivity index (χ4v) is 4.11. The molecule has 3 heterocycles. The van der Waals surface area contributed by atoms with Crippen molar-refractivity contribution in [3.05, 3.63) is 58.0 Å². The lowest BCUT2D eigenvalue weighted by atomic mass is 10.0. The third kappa shape index (κ3) is 3.69. The van der Waals surface area contributed by atoms with Crippen LogP contribution in [-0.2, 0) is 6.54 Å². The minimum Gasteiger partial charge on any atom is -0.465 e. The van der Waals surface area contributed by atoms with Crippen molar-refractivity contribution < 1.29 is 14.7 Å². The van der Waals surface area contributed by atoms with Crippen molar-refractivity contribution in [1.29, 1.82) is 0 Å². The molecule has 4 rings (SSSR count). The highest BCUT2D eigenvalue weighted by Crippen LogP contribution is 2.33. The van der Waals surface area contributed by atoms with E-state index >= 15 is 0 Å². The molecule has 0 atom stereocenters. The van der Waals surface area contributed by atoms with Gasteiger partial charge in [-0.15, -0.1) is 0 Å². The van der Waals surface area contributed by atoms with Gasteiger partial charge in [0.1, 0.15) is 11.3 Å². The number of piperazine rings is 1. The summed E-state index contributed by atoms with van der Waals surface area (Å²) in [4.78, 5) is 31.5. The van der Waals surface area contributed by atoms with E-state index in [9.17, 15) is 9.59 Å². The minimum atomic E-state index is -0.976. The van der Waals surface area contributed by atoms with Crippen molar-refractivity contribution in [1.82, 2.24) is 19.2 Å². The largest absolute Gasteiger partial charge is 0.465 e. The zero-order valence-corrected chi connectivity index (χ0v) is 17.4. The summed E-state index contributed by atoms with van der Waals surface area (Å²) >= 11 is 12.4. The van der Waals surface area contributed by atoms with Crippen LogP contribution in [0.1, 0.15) is 16.1 Å². The highest BCUT2D eigenvalue weighted by atomic mass is 35.5. The second-order valence-electron chi connectivity index (χ2n) is 6.97. The van der Waals surface area contributed by atoms with Crippen LogP contribution in [0.2, 0.25) is 10.0 Å². The monoisotopic (exact) mass is 447 g/mol. The van der Waals surface area contributed by atoms with Crippen LogP contribution in [0, 0.1) is 0 Å². The Kier molecular flexibility index (Phi) is 5.55. The Morgan fingerprint density at radius 3 is 2.40 bits per heavy atom. The Bertz CT molecular complexity index is 1140. The van der Waals surface area contributed by atoms with E-state index in [0.717, 1.165) is 16.7 Å². The van der Waals surface area contributed by atoms with E-state index in [1.54, 1.807) is 27.6 Å². The first kappa shape index (κ1) is 20.5. The molecule has 30 heavy (non-hydrogen) atoms. The van der Waals surface area contributed by atoms with Crippen LogP contribution < -0.4 is 5.73 Å². The molecule has 0 unspecified atom stereocenters. The normalized spacial score (nSPS) is 14.4. The number of nitrogens with two attached hydrogens (primary N) is 1. The molecular formula is C20H19Cl2N5O3. The van der Waals surface area contributed by atoms with Crippen LogP contribution >= 0.6 is 23.2 Å². The van der Waals surface area contributed by atoms with Gasteiger partial charge in [0, 0.05) is 60.1 Å². The number of fused-ring (bicyclic) bond motifs is 1. The first-order chi connectivity index (χ1) is 14.4. The van der Waals surface area contributed by atoms with Gasteiger partial charge < -0.3 is 20.6 Å². The Morgan fingerprint density at radius 2 is 1.77 bits per heavy atom. The van der Waals surface area contributed by atoms with E-state index in [1.165, 1.54) is 11.1 Å². The minimum absolute atomic E-state index is 0.207. The highest BCUT2D eigenvalue weighted by molar-refractivity contribution is 6.36. The van der Waals surface area contributed by atoms with Crippen LogP contribution in [0.3, 0.4) is 0 Å². The van der Waals surface area contributed by atoms with Gasteiger partial charge in [0.05, 0.1) is 6.20 Å². The Labute approximate surface area is 182 Å². The number of pyridine rings is 1. The van der Waals surface area contributed by atoms with Crippen molar-refractivity contribution in [2.24, 2.45) is 5.73 Å². The number of carboxylic acid groups (broad SMARTS) is 1. The number of aromatic nitrogens is 2. The van der Waals surface area contributed by atoms with Crippen LogP contribution in [0.4, 0.5) is 4.79 Å². The maximum absolute atomic E-state index is 13.1. The molecule has 156 valence electrons. The van der Waals surface area contributed by atoms with E-state index in [1.807, 2.05) is 12.1 Å². The summed E-state index contributed by atoms with van der Waals surface area (Å²) in [5.74, 6) is -0.207. The molecule has 1 saturated heterocycles. The molecule has 0 radical (unpaired) electrons. The zero-order valence-electron chi connectivity index (χ0n) is 15.9. The van der Waals surface area contributed by atoms with Gasteiger partial charge in [0.2, 0.25) is 0 Å². The Balaban J connectivity index is 1.72. The van der Waals surface area contributed by atoms with Gasteiger partial charge in [-0.05, 0) is 23.8 Å². The zero-order chi connectivity index (χ0) is 21.4. The highest BCUT2D eigenvalue weighted by Gasteiger charge is 2.26. The lowest BCUT2D eigenvalue weighted by Gasteiger charge is -2.32. The fourth-order valence-electron chi connectivity index (χ4n) is 3.60. The summed E-state index contributed by atoms with van der Waals surface area (Å²) in [5, 5.41) is 10.1. The van der Waals surface area contributed by atoms with Crippen molar-refractivity contribution >= 4 is 40.8 Å². The number of imidazole rings is 1. The molecule has 10 heteroatoms. The van der Waals surface area contributed by atoms with E-state index in [2.05, 4.69) is 4.98 Å². The number of nitrogens with zero attached hydrogens (tertiary/aromatic N) is 4. The van der Waals surface area contributed by atoms with Gasteiger partial charge >= 0.3 is 6.09 Å². The number of halogens is 2. The van der Waals surface area contributed by atoms with E-state index in [4.69, 9.17) is 34.0 Å². The van der Waals surface area contributed by atoms with Crippen molar-refractivity contribution in [3.63, 3.8) is 0 Å². The summed E-state index contributed by atoms with van der Waals surface area (Å²) in [5.41, 5.74) is 9.31. The van der Waals surface area contributed by atoms with E-state index in [0.29, 0.717) is 34.5 Å².